The van der Waals surface area contributed by atoms with E-state index in [0.717, 1.165) is 12.1 Å². The summed E-state index contributed by atoms with van der Waals surface area (Å²) in [4.78, 5) is 4.49. The van der Waals surface area contributed by atoms with Crippen molar-refractivity contribution < 1.29 is 0 Å². The third kappa shape index (κ3) is 3.01. The van der Waals surface area contributed by atoms with Crippen molar-refractivity contribution >= 4 is 10.9 Å². The van der Waals surface area contributed by atoms with Crippen LogP contribution in [0.25, 0.3) is 10.9 Å². The molecule has 1 aromatic heterocycles. The molecule has 20 heavy (non-hydrogen) atoms. The summed E-state index contributed by atoms with van der Waals surface area (Å²) in [6, 6.07) is 11.7. The largest absolute Gasteiger partial charge is 0.314 e. The van der Waals surface area contributed by atoms with E-state index in [1.807, 2.05) is 12.3 Å². The average Bonchev–Trinajstić information content (AvgIpc) is 2.53. The first kappa shape index (κ1) is 13.6. The standard InChI is InChI=1S/C18H24N2/c1-2-10-19-17-7-3-5-15(12-17)16-9-8-14-6-4-11-20-18(14)13-16/h4,6,8-9,11,13,15,17,19H,2-3,5,7,10,12H2,1H3. The number of benzene rings is 1. The van der Waals surface area contributed by atoms with Crippen LogP contribution in [0.2, 0.25) is 0 Å². The number of aromatic nitrogens is 1. The van der Waals surface area contributed by atoms with E-state index in [0.29, 0.717) is 12.0 Å². The molecule has 0 bridgehead atoms. The number of hydrogen-bond donors (Lipinski definition) is 1. The van der Waals surface area contributed by atoms with Crippen LogP contribution >= 0.6 is 0 Å². The number of fused-ring (bicyclic) bond motifs is 1. The molecule has 1 saturated carbocycles. The van der Waals surface area contributed by atoms with Crippen LogP contribution in [-0.2, 0) is 0 Å². The predicted octanol–water partition coefficient (Wildman–Crippen LogP) is 4.26. The molecule has 0 amide bonds. The molecule has 0 saturated heterocycles. The van der Waals surface area contributed by atoms with Crippen LogP contribution in [0.3, 0.4) is 0 Å². The zero-order valence-corrected chi connectivity index (χ0v) is 12.3. The summed E-state index contributed by atoms with van der Waals surface area (Å²) in [5.74, 6) is 0.699. The first-order valence-corrected chi connectivity index (χ1v) is 7.95. The molecule has 1 aliphatic carbocycles. The first-order valence-electron chi connectivity index (χ1n) is 7.95. The van der Waals surface area contributed by atoms with Crippen LogP contribution in [0.5, 0.6) is 0 Å². The fourth-order valence-corrected chi connectivity index (χ4v) is 3.36. The van der Waals surface area contributed by atoms with Crippen molar-refractivity contribution in [2.75, 3.05) is 6.54 Å². The monoisotopic (exact) mass is 268 g/mol. The van der Waals surface area contributed by atoms with Crippen molar-refractivity contribution in [1.82, 2.24) is 10.3 Å². The highest BCUT2D eigenvalue weighted by Gasteiger charge is 2.22. The predicted molar refractivity (Wildman–Crippen MR) is 85.0 cm³/mol. The van der Waals surface area contributed by atoms with E-state index in [4.69, 9.17) is 0 Å². The van der Waals surface area contributed by atoms with Gasteiger partial charge >= 0.3 is 0 Å². The Hall–Kier alpha value is -1.41. The normalized spacial score (nSPS) is 23.1. The summed E-state index contributed by atoms with van der Waals surface area (Å²) in [6.07, 6.45) is 8.38. The Balaban J connectivity index is 1.76. The van der Waals surface area contributed by atoms with Gasteiger partial charge in [-0.3, -0.25) is 4.98 Å². The lowest BCUT2D eigenvalue weighted by molar-refractivity contribution is 0.340. The van der Waals surface area contributed by atoms with Crippen LogP contribution in [-0.4, -0.2) is 17.6 Å². The Morgan fingerprint density at radius 1 is 1.25 bits per heavy atom. The minimum Gasteiger partial charge on any atom is -0.314 e. The molecule has 0 aliphatic heterocycles. The number of hydrogen-bond acceptors (Lipinski definition) is 2. The molecule has 2 unspecified atom stereocenters. The van der Waals surface area contributed by atoms with Crippen molar-refractivity contribution in [3.8, 4) is 0 Å². The molecular formula is C18H24N2. The summed E-state index contributed by atoms with van der Waals surface area (Å²) in [6.45, 7) is 3.39. The maximum atomic E-state index is 4.49. The van der Waals surface area contributed by atoms with Crippen molar-refractivity contribution in [2.24, 2.45) is 0 Å². The summed E-state index contributed by atoms with van der Waals surface area (Å²) in [5.41, 5.74) is 2.60. The van der Waals surface area contributed by atoms with Crippen LogP contribution < -0.4 is 5.32 Å². The van der Waals surface area contributed by atoms with E-state index >= 15 is 0 Å². The molecule has 2 nitrogen and oxygen atoms in total. The van der Waals surface area contributed by atoms with E-state index in [-0.39, 0.29) is 0 Å². The molecule has 1 aliphatic rings. The molecule has 0 spiro atoms. The fourth-order valence-electron chi connectivity index (χ4n) is 3.36. The second kappa shape index (κ2) is 6.36. The molecule has 1 heterocycles. The van der Waals surface area contributed by atoms with Gasteiger partial charge in [0.25, 0.3) is 0 Å². The second-order valence-corrected chi connectivity index (χ2v) is 5.97. The quantitative estimate of drug-likeness (QED) is 0.896. The Morgan fingerprint density at radius 2 is 2.20 bits per heavy atom. The number of nitrogens with zero attached hydrogens (tertiary/aromatic N) is 1. The molecule has 2 heteroatoms. The number of pyridine rings is 1. The molecule has 106 valence electrons. The molecule has 1 aromatic carbocycles. The smallest absolute Gasteiger partial charge is 0.0704 e. The van der Waals surface area contributed by atoms with Gasteiger partial charge in [0.15, 0.2) is 0 Å². The molecular weight excluding hydrogens is 244 g/mol. The van der Waals surface area contributed by atoms with Gasteiger partial charge in [0, 0.05) is 17.6 Å². The zero-order chi connectivity index (χ0) is 13.8. The Kier molecular flexibility index (Phi) is 4.31. The lowest BCUT2D eigenvalue weighted by Gasteiger charge is -2.30. The van der Waals surface area contributed by atoms with E-state index in [1.165, 1.54) is 43.1 Å². The van der Waals surface area contributed by atoms with Crippen molar-refractivity contribution in [3.63, 3.8) is 0 Å². The van der Waals surface area contributed by atoms with E-state index < -0.39 is 0 Å². The van der Waals surface area contributed by atoms with Crippen molar-refractivity contribution in [3.05, 3.63) is 42.1 Å². The summed E-state index contributed by atoms with van der Waals surface area (Å²) in [5, 5.41) is 4.94. The molecule has 1 fully saturated rings. The number of nitrogens with one attached hydrogen (secondary N) is 1. The first-order chi connectivity index (χ1) is 9.86. The molecule has 0 radical (unpaired) electrons. The Labute approximate surface area is 121 Å². The number of rotatable bonds is 4. The minimum absolute atomic E-state index is 0.699. The summed E-state index contributed by atoms with van der Waals surface area (Å²) >= 11 is 0. The second-order valence-electron chi connectivity index (χ2n) is 5.97. The van der Waals surface area contributed by atoms with E-state index in [1.54, 1.807) is 0 Å². The SMILES string of the molecule is CCCNC1CCCC(c2ccc3cccnc3c2)C1. The van der Waals surface area contributed by atoms with Crippen molar-refractivity contribution in [2.45, 2.75) is 51.0 Å². The van der Waals surface area contributed by atoms with E-state index in [2.05, 4.69) is 41.5 Å². The highest BCUT2D eigenvalue weighted by Crippen LogP contribution is 2.33. The lowest BCUT2D eigenvalue weighted by atomic mass is 9.81. The maximum absolute atomic E-state index is 4.49. The third-order valence-electron chi connectivity index (χ3n) is 4.46. The van der Waals surface area contributed by atoms with Gasteiger partial charge in [0.2, 0.25) is 0 Å². The van der Waals surface area contributed by atoms with Gasteiger partial charge in [-0.05, 0) is 55.8 Å². The van der Waals surface area contributed by atoms with Crippen LogP contribution in [0, 0.1) is 0 Å². The average molecular weight is 268 g/mol. The zero-order valence-electron chi connectivity index (χ0n) is 12.3. The van der Waals surface area contributed by atoms with Crippen LogP contribution in [0.1, 0.15) is 50.5 Å². The highest BCUT2D eigenvalue weighted by molar-refractivity contribution is 5.79. The van der Waals surface area contributed by atoms with Gasteiger partial charge in [-0.15, -0.1) is 0 Å². The minimum atomic E-state index is 0.699. The fraction of sp³-hybridized carbons (Fsp3) is 0.500. The van der Waals surface area contributed by atoms with Gasteiger partial charge in [0.05, 0.1) is 5.52 Å². The summed E-state index contributed by atoms with van der Waals surface area (Å²) < 4.78 is 0. The van der Waals surface area contributed by atoms with Gasteiger partial charge in [0.1, 0.15) is 0 Å². The topological polar surface area (TPSA) is 24.9 Å². The molecule has 1 N–H and O–H groups in total. The van der Waals surface area contributed by atoms with E-state index in [9.17, 15) is 0 Å². The van der Waals surface area contributed by atoms with Crippen molar-refractivity contribution in [1.29, 1.82) is 0 Å². The molecule has 2 aromatic rings. The maximum Gasteiger partial charge on any atom is 0.0704 e. The Morgan fingerprint density at radius 3 is 3.10 bits per heavy atom. The molecule has 2 atom stereocenters. The Bertz CT molecular complexity index is 564. The van der Waals surface area contributed by atoms with Gasteiger partial charge in [-0.1, -0.05) is 31.5 Å². The third-order valence-corrected chi connectivity index (χ3v) is 4.46. The van der Waals surface area contributed by atoms with Crippen LogP contribution in [0.4, 0.5) is 0 Å². The van der Waals surface area contributed by atoms with Gasteiger partial charge < -0.3 is 5.32 Å². The molecule has 3 rings (SSSR count). The summed E-state index contributed by atoms with van der Waals surface area (Å²) in [7, 11) is 0. The lowest BCUT2D eigenvalue weighted by Crippen LogP contribution is -2.33. The van der Waals surface area contributed by atoms with Gasteiger partial charge in [-0.2, -0.15) is 0 Å². The highest BCUT2D eigenvalue weighted by atomic mass is 14.9. The van der Waals surface area contributed by atoms with Crippen LogP contribution in [0.15, 0.2) is 36.5 Å². The van der Waals surface area contributed by atoms with Gasteiger partial charge in [-0.25, -0.2) is 0 Å².